The predicted molar refractivity (Wildman–Crippen MR) is 189 cm³/mol. The average molecular weight is 666 g/mol. The Balaban J connectivity index is 1.71. The van der Waals surface area contributed by atoms with Crippen LogP contribution in [0.4, 0.5) is 0 Å². The van der Waals surface area contributed by atoms with Crippen molar-refractivity contribution in [2.45, 2.75) is 96.2 Å². The monoisotopic (exact) mass is 665 g/mol. The number of ether oxygens (including phenoxy) is 1. The molecule has 4 unspecified atom stereocenters. The number of rotatable bonds is 20. The lowest BCUT2D eigenvalue weighted by Gasteiger charge is -2.37. The number of carbonyl (C=O) groups excluding carboxylic acids is 2. The molecule has 0 aromatic heterocycles. The van der Waals surface area contributed by atoms with Crippen molar-refractivity contribution in [3.05, 3.63) is 82.9 Å². The van der Waals surface area contributed by atoms with Gasteiger partial charge in [-0.15, -0.1) is 11.8 Å². The third-order valence-electron chi connectivity index (χ3n) is 8.17. The van der Waals surface area contributed by atoms with Gasteiger partial charge in [0, 0.05) is 43.5 Å². The van der Waals surface area contributed by atoms with E-state index in [4.69, 9.17) is 4.74 Å². The first-order chi connectivity index (χ1) is 22.6. The number of benzene rings is 2. The van der Waals surface area contributed by atoms with Gasteiger partial charge in [-0.25, -0.2) is 0 Å². The second-order valence-electron chi connectivity index (χ2n) is 12.2. The molecule has 1 heterocycles. The van der Waals surface area contributed by atoms with Gasteiger partial charge < -0.3 is 30.5 Å². The van der Waals surface area contributed by atoms with Crippen LogP contribution in [0.5, 0.6) is 5.75 Å². The second kappa shape index (κ2) is 19.8. The SMILES string of the molecule is CCCCC(=O)N(C/C=C/c1ccccc1)C(CC(OCC)C1NC(C(=O)NC(CCC(=O)O)Cc2ccc(O)cc2)=CS1)C(C)C. The molecule has 0 radical (unpaired) electrons. The topological polar surface area (TPSA) is 128 Å². The number of thioether (sulfide) groups is 1. The summed E-state index contributed by atoms with van der Waals surface area (Å²) in [7, 11) is 0. The first-order valence-corrected chi connectivity index (χ1v) is 17.6. The smallest absolute Gasteiger partial charge is 0.303 e. The Morgan fingerprint density at radius 3 is 2.43 bits per heavy atom. The lowest BCUT2D eigenvalue weighted by atomic mass is 9.95. The van der Waals surface area contributed by atoms with Crippen molar-refractivity contribution in [1.29, 1.82) is 0 Å². The molecule has 0 bridgehead atoms. The van der Waals surface area contributed by atoms with E-state index in [2.05, 4.69) is 37.5 Å². The Labute approximate surface area is 283 Å². The van der Waals surface area contributed by atoms with Gasteiger partial charge in [0.2, 0.25) is 5.91 Å². The number of hydrogen-bond acceptors (Lipinski definition) is 7. The van der Waals surface area contributed by atoms with E-state index in [1.165, 1.54) is 11.8 Å². The van der Waals surface area contributed by atoms with Crippen LogP contribution in [-0.2, 0) is 25.5 Å². The van der Waals surface area contributed by atoms with Crippen LogP contribution in [0.15, 0.2) is 71.8 Å². The van der Waals surface area contributed by atoms with Crippen LogP contribution >= 0.6 is 11.8 Å². The summed E-state index contributed by atoms with van der Waals surface area (Å²) in [5, 5.41) is 26.8. The summed E-state index contributed by atoms with van der Waals surface area (Å²) in [6.07, 6.45) is 7.31. The molecule has 2 aromatic rings. The normalized spacial score (nSPS) is 16.4. The number of hydrogen-bond donors (Lipinski definition) is 4. The second-order valence-corrected chi connectivity index (χ2v) is 13.2. The number of unbranched alkanes of at least 4 members (excludes halogenated alkanes) is 1. The van der Waals surface area contributed by atoms with Crippen molar-refractivity contribution >= 4 is 35.6 Å². The lowest BCUT2D eigenvalue weighted by Crippen LogP contribution is -2.49. The molecule has 2 aromatic carbocycles. The van der Waals surface area contributed by atoms with Gasteiger partial charge in [-0.3, -0.25) is 14.4 Å². The van der Waals surface area contributed by atoms with Gasteiger partial charge in [0.05, 0.1) is 6.10 Å². The standard InChI is InChI=1S/C37H51N3O6S/c1-5-7-15-34(42)40(22-11-14-27-12-9-8-10-13-27)32(26(3)4)24-33(46-6-2)37-39-31(25-47-37)36(45)38-29(18-21-35(43)44)23-28-16-19-30(41)20-17-28/h8-14,16-17,19-20,25-26,29,32-33,37,39,41H,5-7,15,18,21-24H2,1-4H3,(H,38,45)(H,43,44)/b14-11+. The van der Waals surface area contributed by atoms with E-state index in [0.29, 0.717) is 38.1 Å². The van der Waals surface area contributed by atoms with E-state index < -0.39 is 12.0 Å². The molecule has 1 aliphatic heterocycles. The minimum atomic E-state index is -0.930. The zero-order valence-electron chi connectivity index (χ0n) is 28.1. The molecule has 10 heteroatoms. The highest BCUT2D eigenvalue weighted by Crippen LogP contribution is 2.30. The summed E-state index contributed by atoms with van der Waals surface area (Å²) >= 11 is 1.48. The molecule has 0 saturated heterocycles. The fourth-order valence-electron chi connectivity index (χ4n) is 5.62. The molecular weight excluding hydrogens is 614 g/mol. The zero-order chi connectivity index (χ0) is 34.2. The highest BCUT2D eigenvalue weighted by atomic mass is 32.2. The maximum Gasteiger partial charge on any atom is 0.303 e. The molecule has 9 nitrogen and oxygen atoms in total. The maximum absolute atomic E-state index is 13.6. The predicted octanol–water partition coefficient (Wildman–Crippen LogP) is 6.34. The number of amides is 2. The summed E-state index contributed by atoms with van der Waals surface area (Å²) in [5.41, 5.74) is 2.36. The van der Waals surface area contributed by atoms with E-state index >= 15 is 0 Å². The summed E-state index contributed by atoms with van der Waals surface area (Å²) in [4.78, 5) is 40.2. The molecule has 0 aliphatic carbocycles. The fraction of sp³-hybridized carbons (Fsp3) is 0.486. The molecule has 0 saturated carbocycles. The van der Waals surface area contributed by atoms with Crippen LogP contribution in [0, 0.1) is 5.92 Å². The van der Waals surface area contributed by atoms with E-state index in [-0.39, 0.29) is 53.8 Å². The molecule has 0 spiro atoms. The van der Waals surface area contributed by atoms with E-state index in [1.807, 2.05) is 48.2 Å². The first kappa shape index (κ1) is 37.7. The Bertz CT molecular complexity index is 1330. The number of nitrogens with zero attached hydrogens (tertiary/aromatic N) is 1. The van der Waals surface area contributed by atoms with Gasteiger partial charge in [0.15, 0.2) is 0 Å². The highest BCUT2D eigenvalue weighted by Gasteiger charge is 2.35. The zero-order valence-corrected chi connectivity index (χ0v) is 28.9. The average Bonchev–Trinajstić information content (AvgIpc) is 3.55. The van der Waals surface area contributed by atoms with Gasteiger partial charge >= 0.3 is 5.97 Å². The number of aromatic hydroxyl groups is 1. The van der Waals surface area contributed by atoms with Crippen molar-refractivity contribution in [3.63, 3.8) is 0 Å². The Kier molecular flexibility index (Phi) is 15.9. The number of phenolic OH excluding ortho intramolecular Hbond substituents is 1. The van der Waals surface area contributed by atoms with E-state index in [9.17, 15) is 24.6 Å². The van der Waals surface area contributed by atoms with Crippen LogP contribution in [0.1, 0.15) is 77.3 Å². The van der Waals surface area contributed by atoms with Crippen LogP contribution in [0.3, 0.4) is 0 Å². The molecule has 256 valence electrons. The molecular formula is C37H51N3O6S. The number of carboxylic acid groups (broad SMARTS) is 1. The van der Waals surface area contributed by atoms with Gasteiger partial charge in [-0.1, -0.05) is 81.8 Å². The summed E-state index contributed by atoms with van der Waals surface area (Å²) < 4.78 is 6.26. The molecule has 2 amide bonds. The Morgan fingerprint density at radius 2 is 1.79 bits per heavy atom. The van der Waals surface area contributed by atoms with Gasteiger partial charge in [-0.2, -0.15) is 0 Å². The summed E-state index contributed by atoms with van der Waals surface area (Å²) in [6, 6.07) is 16.2. The van der Waals surface area contributed by atoms with Crippen molar-refractivity contribution in [1.82, 2.24) is 15.5 Å². The molecule has 0 fully saturated rings. The van der Waals surface area contributed by atoms with Crippen molar-refractivity contribution in [3.8, 4) is 5.75 Å². The summed E-state index contributed by atoms with van der Waals surface area (Å²) in [5.74, 6) is -0.799. The van der Waals surface area contributed by atoms with Crippen LogP contribution in [0.25, 0.3) is 6.08 Å². The number of carboxylic acids is 1. The lowest BCUT2D eigenvalue weighted by molar-refractivity contribution is -0.137. The van der Waals surface area contributed by atoms with Crippen LogP contribution < -0.4 is 10.6 Å². The highest BCUT2D eigenvalue weighted by molar-refractivity contribution is 8.03. The number of phenols is 1. The third-order valence-corrected chi connectivity index (χ3v) is 9.26. The van der Waals surface area contributed by atoms with Gasteiger partial charge in [-0.05, 0) is 61.8 Å². The van der Waals surface area contributed by atoms with Crippen LogP contribution in [0.2, 0.25) is 0 Å². The van der Waals surface area contributed by atoms with E-state index in [1.54, 1.807) is 29.7 Å². The third kappa shape index (κ3) is 12.8. The first-order valence-electron chi connectivity index (χ1n) is 16.7. The van der Waals surface area contributed by atoms with E-state index in [0.717, 1.165) is 24.0 Å². The number of carbonyl (C=O) groups is 3. The van der Waals surface area contributed by atoms with Crippen LogP contribution in [-0.4, -0.2) is 69.6 Å². The maximum atomic E-state index is 13.6. The minimum Gasteiger partial charge on any atom is -0.508 e. The minimum absolute atomic E-state index is 0.0795. The number of nitrogens with one attached hydrogen (secondary N) is 2. The summed E-state index contributed by atoms with van der Waals surface area (Å²) in [6.45, 7) is 9.27. The molecule has 4 atom stereocenters. The molecule has 47 heavy (non-hydrogen) atoms. The molecule has 3 rings (SSSR count). The number of aliphatic carboxylic acids is 1. The van der Waals surface area contributed by atoms with Gasteiger partial charge in [0.25, 0.3) is 5.91 Å². The molecule has 1 aliphatic rings. The van der Waals surface area contributed by atoms with Gasteiger partial charge in [0.1, 0.15) is 16.8 Å². The van der Waals surface area contributed by atoms with Crippen molar-refractivity contribution in [2.24, 2.45) is 5.92 Å². The fourth-order valence-corrected chi connectivity index (χ4v) is 6.63. The largest absolute Gasteiger partial charge is 0.508 e. The Morgan fingerprint density at radius 1 is 1.06 bits per heavy atom. The van der Waals surface area contributed by atoms with Crippen molar-refractivity contribution < 1.29 is 29.3 Å². The Hall–Kier alpha value is -3.76. The molecule has 4 N–H and O–H groups in total. The quantitative estimate of drug-likeness (QED) is 0.129. The van der Waals surface area contributed by atoms with Crippen molar-refractivity contribution in [2.75, 3.05) is 13.2 Å².